The molecule has 0 aromatic heterocycles. The van der Waals surface area contributed by atoms with Gasteiger partial charge in [0.05, 0.1) is 17.1 Å². The number of rotatable bonds is 10. The number of nitrogens with zero attached hydrogens (tertiary/aromatic N) is 1. The molecule has 3 aromatic carbocycles. The minimum absolute atomic E-state index is 0.0338. The number of hydrogen-bond donors (Lipinski definition) is 2. The van der Waals surface area contributed by atoms with Crippen molar-refractivity contribution in [3.63, 3.8) is 0 Å². The number of hydrogen-bond acceptors (Lipinski definition) is 6. The molecule has 10 heteroatoms. The summed E-state index contributed by atoms with van der Waals surface area (Å²) >= 11 is 0. The van der Waals surface area contributed by atoms with Crippen LogP contribution in [-0.4, -0.2) is 52.1 Å². The number of benzene rings is 3. The van der Waals surface area contributed by atoms with Crippen LogP contribution in [0, 0.1) is 0 Å². The summed E-state index contributed by atoms with van der Waals surface area (Å²) in [5.74, 6) is 0.160. The standard InChI is InChI=1S/C31H35N3O6S/c35-30(22-39-25-15-17-26(18-16-25)41(37,38)33-24-11-5-2-6-12-24)34-21-29(40-28-14-8-7-13-27(28)34)31(36)32-20-19-23-9-3-1-4-10-23/h1,3-4,7-10,13-18,24,29,33H,2,5-6,11-12,19-22H2,(H,32,36)/t29-/m1/s1. The van der Waals surface area contributed by atoms with Crippen molar-refractivity contribution in [2.75, 3.05) is 24.6 Å². The lowest BCUT2D eigenvalue weighted by atomic mass is 9.96. The Kier molecular flexibility index (Phi) is 9.21. The van der Waals surface area contributed by atoms with E-state index in [1.54, 1.807) is 36.4 Å². The van der Waals surface area contributed by atoms with Gasteiger partial charge in [-0.25, -0.2) is 13.1 Å². The summed E-state index contributed by atoms with van der Waals surface area (Å²) in [6.45, 7) is 0.201. The predicted molar refractivity (Wildman–Crippen MR) is 155 cm³/mol. The summed E-state index contributed by atoms with van der Waals surface area (Å²) in [7, 11) is -3.63. The van der Waals surface area contributed by atoms with Gasteiger partial charge < -0.3 is 19.7 Å². The summed E-state index contributed by atoms with van der Waals surface area (Å²) in [6, 6.07) is 22.9. The Morgan fingerprint density at radius 3 is 2.37 bits per heavy atom. The van der Waals surface area contributed by atoms with E-state index < -0.39 is 16.1 Å². The number of carbonyl (C=O) groups excluding carboxylic acids is 2. The van der Waals surface area contributed by atoms with Crippen molar-refractivity contribution in [3.05, 3.63) is 84.4 Å². The molecular formula is C31H35N3O6S. The normalized spacial score (nSPS) is 17.3. The van der Waals surface area contributed by atoms with Crippen LogP contribution in [0.5, 0.6) is 11.5 Å². The van der Waals surface area contributed by atoms with Gasteiger partial charge in [0.1, 0.15) is 11.5 Å². The van der Waals surface area contributed by atoms with E-state index in [0.29, 0.717) is 30.2 Å². The van der Waals surface area contributed by atoms with Gasteiger partial charge in [-0.3, -0.25) is 9.59 Å². The third-order valence-electron chi connectivity index (χ3n) is 7.35. The van der Waals surface area contributed by atoms with Crippen molar-refractivity contribution in [3.8, 4) is 11.5 Å². The zero-order valence-electron chi connectivity index (χ0n) is 22.8. The molecule has 216 valence electrons. The summed E-state index contributed by atoms with van der Waals surface area (Å²) in [5.41, 5.74) is 1.67. The highest BCUT2D eigenvalue weighted by Crippen LogP contribution is 2.33. The van der Waals surface area contributed by atoms with Crippen LogP contribution in [0.15, 0.2) is 83.8 Å². The molecule has 2 N–H and O–H groups in total. The molecule has 1 aliphatic heterocycles. The highest BCUT2D eigenvalue weighted by molar-refractivity contribution is 7.89. The summed E-state index contributed by atoms with van der Waals surface area (Å²) < 4.78 is 40.0. The monoisotopic (exact) mass is 577 g/mol. The average molecular weight is 578 g/mol. The molecule has 1 aliphatic carbocycles. The Bertz CT molecular complexity index is 1440. The third kappa shape index (κ3) is 7.45. The second-order valence-corrected chi connectivity index (χ2v) is 12.0. The van der Waals surface area contributed by atoms with Gasteiger partial charge in [0.25, 0.3) is 11.8 Å². The summed E-state index contributed by atoms with van der Waals surface area (Å²) in [4.78, 5) is 27.8. The number of sulfonamides is 1. The molecule has 2 amide bonds. The first-order valence-corrected chi connectivity index (χ1v) is 15.5. The lowest BCUT2D eigenvalue weighted by Crippen LogP contribution is -2.52. The second kappa shape index (κ2) is 13.2. The molecule has 3 aromatic rings. The van der Waals surface area contributed by atoms with E-state index in [0.717, 1.165) is 37.7 Å². The maximum atomic E-state index is 13.3. The molecule has 5 rings (SSSR count). The number of fused-ring (bicyclic) bond motifs is 1. The largest absolute Gasteiger partial charge is 0.484 e. The number of para-hydroxylation sites is 2. The van der Waals surface area contributed by atoms with Crippen molar-refractivity contribution in [1.29, 1.82) is 0 Å². The van der Waals surface area contributed by atoms with Gasteiger partial charge in [-0.1, -0.05) is 61.7 Å². The number of nitrogens with one attached hydrogen (secondary N) is 2. The first kappa shape index (κ1) is 28.6. The minimum Gasteiger partial charge on any atom is -0.484 e. The van der Waals surface area contributed by atoms with Gasteiger partial charge in [-0.15, -0.1) is 0 Å². The van der Waals surface area contributed by atoms with Gasteiger partial charge >= 0.3 is 0 Å². The van der Waals surface area contributed by atoms with E-state index in [2.05, 4.69) is 10.0 Å². The fraction of sp³-hybridized carbons (Fsp3) is 0.355. The highest BCUT2D eigenvalue weighted by Gasteiger charge is 2.34. The zero-order chi connectivity index (χ0) is 28.7. The van der Waals surface area contributed by atoms with Crippen LogP contribution in [0.2, 0.25) is 0 Å². The lowest BCUT2D eigenvalue weighted by Gasteiger charge is -2.34. The third-order valence-corrected chi connectivity index (χ3v) is 8.88. The molecule has 0 radical (unpaired) electrons. The van der Waals surface area contributed by atoms with E-state index in [4.69, 9.17) is 9.47 Å². The Labute approximate surface area is 240 Å². The molecule has 0 saturated heterocycles. The fourth-order valence-corrected chi connectivity index (χ4v) is 6.45. The number of amides is 2. The predicted octanol–water partition coefficient (Wildman–Crippen LogP) is 3.83. The van der Waals surface area contributed by atoms with E-state index in [9.17, 15) is 18.0 Å². The molecule has 1 atom stereocenters. The van der Waals surface area contributed by atoms with Crippen molar-refractivity contribution in [2.24, 2.45) is 0 Å². The van der Waals surface area contributed by atoms with Crippen LogP contribution >= 0.6 is 0 Å². The molecule has 0 unspecified atom stereocenters. The van der Waals surface area contributed by atoms with Crippen LogP contribution < -0.4 is 24.4 Å². The maximum Gasteiger partial charge on any atom is 0.265 e. The topological polar surface area (TPSA) is 114 Å². The average Bonchev–Trinajstić information content (AvgIpc) is 3.00. The van der Waals surface area contributed by atoms with Crippen LogP contribution in [0.4, 0.5) is 5.69 Å². The van der Waals surface area contributed by atoms with Gasteiger partial charge in [-0.2, -0.15) is 0 Å². The number of ether oxygens (including phenoxy) is 2. The summed E-state index contributed by atoms with van der Waals surface area (Å²) in [6.07, 6.45) is 4.71. The molecule has 1 heterocycles. The van der Waals surface area contributed by atoms with Crippen molar-refractivity contribution in [1.82, 2.24) is 10.0 Å². The van der Waals surface area contributed by atoms with Crippen LogP contribution in [-0.2, 0) is 26.0 Å². The summed E-state index contributed by atoms with van der Waals surface area (Å²) in [5, 5.41) is 2.90. The van der Waals surface area contributed by atoms with Gasteiger partial charge in [-0.05, 0) is 61.2 Å². The smallest absolute Gasteiger partial charge is 0.265 e. The van der Waals surface area contributed by atoms with Crippen LogP contribution in [0.3, 0.4) is 0 Å². The SMILES string of the molecule is O=C(NCCc1ccccc1)[C@H]1CN(C(=O)COc2ccc(S(=O)(=O)NC3CCCCC3)cc2)c2ccccc2O1. The van der Waals surface area contributed by atoms with Gasteiger partial charge in [0.2, 0.25) is 10.0 Å². The zero-order valence-corrected chi connectivity index (χ0v) is 23.6. The molecule has 0 bridgehead atoms. The molecule has 9 nitrogen and oxygen atoms in total. The Balaban J connectivity index is 1.18. The van der Waals surface area contributed by atoms with E-state index >= 15 is 0 Å². The number of anilines is 1. The Hall–Kier alpha value is -3.89. The van der Waals surface area contributed by atoms with Gasteiger partial charge in [0, 0.05) is 12.6 Å². The van der Waals surface area contributed by atoms with Crippen LogP contribution in [0.1, 0.15) is 37.7 Å². The van der Waals surface area contributed by atoms with Crippen LogP contribution in [0.25, 0.3) is 0 Å². The van der Waals surface area contributed by atoms with Gasteiger partial charge in [0.15, 0.2) is 12.7 Å². The second-order valence-electron chi connectivity index (χ2n) is 10.3. The lowest BCUT2D eigenvalue weighted by molar-refractivity contribution is -0.128. The Morgan fingerprint density at radius 2 is 1.61 bits per heavy atom. The molecule has 1 saturated carbocycles. The fourth-order valence-electron chi connectivity index (χ4n) is 5.14. The maximum absolute atomic E-state index is 13.3. The molecule has 0 spiro atoms. The molecule has 1 fully saturated rings. The molecule has 2 aliphatic rings. The van der Waals surface area contributed by atoms with Crippen molar-refractivity contribution >= 4 is 27.5 Å². The first-order valence-electron chi connectivity index (χ1n) is 14.0. The van der Waals surface area contributed by atoms with E-state index in [1.807, 2.05) is 30.3 Å². The Morgan fingerprint density at radius 1 is 0.902 bits per heavy atom. The molecular weight excluding hydrogens is 542 g/mol. The quantitative estimate of drug-likeness (QED) is 0.379. The first-order chi connectivity index (χ1) is 19.9. The molecule has 41 heavy (non-hydrogen) atoms. The minimum atomic E-state index is -3.63. The van der Waals surface area contributed by atoms with Crippen molar-refractivity contribution in [2.45, 2.75) is 55.6 Å². The van der Waals surface area contributed by atoms with Crippen molar-refractivity contribution < 1.29 is 27.5 Å². The highest BCUT2D eigenvalue weighted by atomic mass is 32.2. The number of carbonyl (C=O) groups is 2. The van der Waals surface area contributed by atoms with E-state index in [-0.39, 0.29) is 35.9 Å². The van der Waals surface area contributed by atoms with E-state index in [1.165, 1.54) is 17.0 Å².